The quantitative estimate of drug-likeness (QED) is 0.384. The molecule has 4 atom stereocenters. The molecule has 210 valence electrons. The van der Waals surface area contributed by atoms with Crippen LogP contribution in [0, 0.1) is 11.8 Å². The molecular formula is C26H43N3O8. The van der Waals surface area contributed by atoms with Crippen molar-refractivity contribution in [3.05, 3.63) is 0 Å². The first-order valence-corrected chi connectivity index (χ1v) is 13.4. The van der Waals surface area contributed by atoms with Gasteiger partial charge in [-0.05, 0) is 58.8 Å². The molecule has 37 heavy (non-hydrogen) atoms. The van der Waals surface area contributed by atoms with Gasteiger partial charge in [0.1, 0.15) is 17.7 Å². The summed E-state index contributed by atoms with van der Waals surface area (Å²) in [6, 6.07) is -2.41. The van der Waals surface area contributed by atoms with Crippen LogP contribution < -0.4 is 10.6 Å². The Kier molecular flexibility index (Phi) is 10.2. The van der Waals surface area contributed by atoms with Gasteiger partial charge in [0.05, 0.1) is 26.4 Å². The van der Waals surface area contributed by atoms with Crippen molar-refractivity contribution in [2.75, 3.05) is 26.9 Å². The van der Waals surface area contributed by atoms with E-state index in [1.807, 2.05) is 0 Å². The lowest BCUT2D eigenvalue weighted by Crippen LogP contribution is -2.58. The summed E-state index contributed by atoms with van der Waals surface area (Å²) in [4.78, 5) is 53.3. The number of aliphatic hydroxyl groups is 1. The van der Waals surface area contributed by atoms with Gasteiger partial charge in [-0.3, -0.25) is 9.59 Å². The second kappa shape index (κ2) is 12.9. The number of esters is 1. The first-order valence-electron chi connectivity index (χ1n) is 13.4. The van der Waals surface area contributed by atoms with Crippen molar-refractivity contribution in [1.29, 1.82) is 0 Å². The third kappa shape index (κ3) is 8.04. The van der Waals surface area contributed by atoms with Gasteiger partial charge in [0.15, 0.2) is 6.10 Å². The van der Waals surface area contributed by atoms with E-state index < -0.39 is 47.8 Å². The third-order valence-corrected chi connectivity index (χ3v) is 7.34. The molecule has 2 heterocycles. The number of carbonyl (C=O) groups excluding carboxylic acids is 4. The summed E-state index contributed by atoms with van der Waals surface area (Å²) < 4.78 is 15.3. The molecule has 11 nitrogen and oxygen atoms in total. The second-order valence-electron chi connectivity index (χ2n) is 11.4. The van der Waals surface area contributed by atoms with Crippen LogP contribution in [0.25, 0.3) is 0 Å². The molecule has 3 amide bonds. The van der Waals surface area contributed by atoms with Crippen LogP contribution in [0.4, 0.5) is 4.79 Å². The Labute approximate surface area is 218 Å². The number of likely N-dealkylation sites (tertiary alicyclic amines) is 1. The van der Waals surface area contributed by atoms with E-state index in [0.29, 0.717) is 39.0 Å². The minimum atomic E-state index is -1.52. The molecule has 0 bridgehead atoms. The zero-order valence-electron chi connectivity index (χ0n) is 22.5. The fourth-order valence-electron chi connectivity index (χ4n) is 5.38. The standard InChI is InChI=1S/C26H43N3O8/c1-26(2,3)37-25(34)28-20(17-9-6-5-7-10-17)23(32)29-12-8-11-19(29)22(31)27-18(13-16-14-36-15-16)21(30)24(33)35-4/h16-21,30H,5-15H2,1-4H3,(H,27,31)(H,28,34)/t18?,19-,20-,21?/m0/s1. The molecular weight excluding hydrogens is 482 g/mol. The fraction of sp³-hybridized carbons (Fsp3) is 0.846. The molecule has 1 aliphatic carbocycles. The molecule has 0 aromatic heterocycles. The van der Waals surface area contributed by atoms with E-state index >= 15 is 0 Å². The van der Waals surface area contributed by atoms with Crippen LogP contribution in [-0.2, 0) is 28.6 Å². The molecule has 0 aromatic carbocycles. The zero-order valence-corrected chi connectivity index (χ0v) is 22.5. The Hall–Kier alpha value is -2.40. The molecule has 11 heteroatoms. The van der Waals surface area contributed by atoms with E-state index in [1.165, 1.54) is 12.0 Å². The number of aliphatic hydroxyl groups excluding tert-OH is 1. The van der Waals surface area contributed by atoms with Gasteiger partial charge in [-0.2, -0.15) is 0 Å². The Morgan fingerprint density at radius 2 is 1.70 bits per heavy atom. The van der Waals surface area contributed by atoms with Crippen molar-refractivity contribution in [2.45, 2.75) is 102 Å². The van der Waals surface area contributed by atoms with E-state index in [9.17, 15) is 24.3 Å². The van der Waals surface area contributed by atoms with E-state index in [0.717, 1.165) is 32.1 Å². The lowest BCUT2D eigenvalue weighted by molar-refractivity contribution is -0.154. The lowest BCUT2D eigenvalue weighted by Gasteiger charge is -2.36. The van der Waals surface area contributed by atoms with Crippen molar-refractivity contribution in [1.82, 2.24) is 15.5 Å². The summed E-state index contributed by atoms with van der Waals surface area (Å²) >= 11 is 0. The van der Waals surface area contributed by atoms with Crippen LogP contribution >= 0.6 is 0 Å². The van der Waals surface area contributed by atoms with Gasteiger partial charge in [-0.1, -0.05) is 19.3 Å². The lowest BCUT2D eigenvalue weighted by atomic mass is 9.83. The number of hydrogen-bond acceptors (Lipinski definition) is 8. The minimum Gasteiger partial charge on any atom is -0.467 e. The number of nitrogens with one attached hydrogen (secondary N) is 2. The fourth-order valence-corrected chi connectivity index (χ4v) is 5.38. The molecule has 3 fully saturated rings. The van der Waals surface area contributed by atoms with Crippen molar-refractivity contribution >= 4 is 23.9 Å². The highest BCUT2D eigenvalue weighted by Gasteiger charge is 2.42. The number of carbonyl (C=O) groups is 4. The maximum Gasteiger partial charge on any atom is 0.408 e. The van der Waals surface area contributed by atoms with E-state index in [2.05, 4.69) is 15.4 Å². The Bertz CT molecular complexity index is 819. The first kappa shape index (κ1) is 29.2. The predicted octanol–water partition coefficient (Wildman–Crippen LogP) is 1.51. The van der Waals surface area contributed by atoms with Gasteiger partial charge in [-0.15, -0.1) is 0 Å². The normalized spacial score (nSPS) is 23.4. The maximum atomic E-state index is 13.8. The van der Waals surface area contributed by atoms with E-state index in [4.69, 9.17) is 9.47 Å². The van der Waals surface area contributed by atoms with Crippen LogP contribution in [0.15, 0.2) is 0 Å². The van der Waals surface area contributed by atoms with Crippen LogP contribution in [0.2, 0.25) is 0 Å². The molecule has 3 N–H and O–H groups in total. The van der Waals surface area contributed by atoms with Crippen molar-refractivity contribution in [3.8, 4) is 0 Å². The van der Waals surface area contributed by atoms with Gasteiger partial charge < -0.3 is 34.9 Å². The van der Waals surface area contributed by atoms with Gasteiger partial charge in [-0.25, -0.2) is 9.59 Å². The molecule has 1 saturated carbocycles. The molecule has 2 unspecified atom stereocenters. The van der Waals surface area contributed by atoms with Gasteiger partial charge in [0.25, 0.3) is 0 Å². The highest BCUT2D eigenvalue weighted by Crippen LogP contribution is 2.30. The van der Waals surface area contributed by atoms with Crippen molar-refractivity contribution in [3.63, 3.8) is 0 Å². The van der Waals surface area contributed by atoms with E-state index in [-0.39, 0.29) is 17.7 Å². The summed E-state index contributed by atoms with van der Waals surface area (Å²) in [6.45, 7) is 6.66. The topological polar surface area (TPSA) is 144 Å². The maximum absolute atomic E-state index is 13.8. The van der Waals surface area contributed by atoms with Gasteiger partial charge in [0.2, 0.25) is 11.8 Å². The predicted molar refractivity (Wildman–Crippen MR) is 133 cm³/mol. The van der Waals surface area contributed by atoms with Crippen molar-refractivity contribution < 1.29 is 38.5 Å². The van der Waals surface area contributed by atoms with E-state index in [1.54, 1.807) is 20.8 Å². The highest BCUT2D eigenvalue weighted by molar-refractivity contribution is 5.92. The molecule has 0 radical (unpaired) electrons. The molecule has 2 saturated heterocycles. The van der Waals surface area contributed by atoms with Crippen LogP contribution in [0.3, 0.4) is 0 Å². The number of ether oxygens (including phenoxy) is 3. The molecule has 3 rings (SSSR count). The molecule has 0 spiro atoms. The molecule has 0 aromatic rings. The van der Waals surface area contributed by atoms with Crippen molar-refractivity contribution in [2.24, 2.45) is 11.8 Å². The first-order chi connectivity index (χ1) is 17.5. The second-order valence-corrected chi connectivity index (χ2v) is 11.4. The van der Waals surface area contributed by atoms with Crippen LogP contribution in [0.1, 0.15) is 72.1 Å². The zero-order chi connectivity index (χ0) is 27.2. The summed E-state index contributed by atoms with van der Waals surface area (Å²) in [6.07, 6.45) is 3.94. The third-order valence-electron chi connectivity index (χ3n) is 7.34. The van der Waals surface area contributed by atoms with Gasteiger partial charge >= 0.3 is 12.1 Å². The number of hydrogen-bond donors (Lipinski definition) is 3. The number of alkyl carbamates (subject to hydrolysis) is 1. The van der Waals surface area contributed by atoms with Gasteiger partial charge in [0, 0.05) is 12.5 Å². The summed E-state index contributed by atoms with van der Waals surface area (Å²) in [5.74, 6) is -1.49. The molecule has 3 aliphatic rings. The smallest absolute Gasteiger partial charge is 0.408 e. The number of nitrogens with zero attached hydrogens (tertiary/aromatic N) is 1. The largest absolute Gasteiger partial charge is 0.467 e. The average molecular weight is 526 g/mol. The number of rotatable bonds is 9. The molecule has 2 aliphatic heterocycles. The Morgan fingerprint density at radius 1 is 1.03 bits per heavy atom. The summed E-state index contributed by atoms with van der Waals surface area (Å²) in [7, 11) is 1.18. The van der Waals surface area contributed by atoms with Crippen LogP contribution in [-0.4, -0.2) is 90.6 Å². The van der Waals surface area contributed by atoms with Crippen LogP contribution in [0.5, 0.6) is 0 Å². The SMILES string of the molecule is COC(=O)C(O)C(CC1COC1)NC(=O)[C@@H]1CCCN1C(=O)[C@@H](NC(=O)OC(C)(C)C)C1CCCCC1. The highest BCUT2D eigenvalue weighted by atomic mass is 16.6. The minimum absolute atomic E-state index is 0.0365. The average Bonchev–Trinajstić information content (AvgIpc) is 3.32. The summed E-state index contributed by atoms with van der Waals surface area (Å²) in [5.41, 5.74) is -0.707. The number of amides is 3. The monoisotopic (exact) mass is 525 g/mol. The summed E-state index contributed by atoms with van der Waals surface area (Å²) in [5, 5.41) is 16.1. The Balaban J connectivity index is 1.73. The Morgan fingerprint density at radius 3 is 2.27 bits per heavy atom. The number of methoxy groups -OCH3 is 1.